The van der Waals surface area contributed by atoms with E-state index in [2.05, 4.69) is 237 Å². The fourth-order valence-corrected chi connectivity index (χ4v) is 14.7. The summed E-state index contributed by atoms with van der Waals surface area (Å²) in [5, 5.41) is 0. The molecule has 3 aliphatic rings. The minimum absolute atomic E-state index is 0.0204. The summed E-state index contributed by atoms with van der Waals surface area (Å²) in [7, 11) is 0. The van der Waals surface area contributed by atoms with E-state index in [9.17, 15) is 0 Å². The molecule has 2 aliphatic heterocycles. The second kappa shape index (κ2) is 24.5. The Hall–Kier alpha value is -8.08. The van der Waals surface area contributed by atoms with Crippen LogP contribution in [0.4, 0.5) is 0 Å². The molecule has 0 spiro atoms. The van der Waals surface area contributed by atoms with E-state index in [0.29, 0.717) is 0 Å². The number of unbranched alkanes of at least 4 members (excludes halogenated alkanes) is 10. The third-order valence-corrected chi connectivity index (χ3v) is 18.4. The SMILES string of the molecule is CCCCCCCCC1(CCCCCCCC)c2cc(C)ccc2-c2ccc(-c3cc(C)cc(-c4c5nc(c(-c6cc(C)cc(C)c6)c6ccc([nH]6)c(-c6cc(C)cc(C)c6)c6nc(c(-c7cc(C)cc(C)c7)c7ccc4[nH]7)C=C6)C=C5)c3)cc21. The van der Waals surface area contributed by atoms with Crippen LogP contribution in [-0.2, 0) is 5.41 Å². The summed E-state index contributed by atoms with van der Waals surface area (Å²) in [5.74, 6) is 0. The molecule has 12 rings (SSSR count). The zero-order valence-corrected chi connectivity index (χ0v) is 52.3. The van der Waals surface area contributed by atoms with Crippen molar-refractivity contribution >= 4 is 46.4 Å². The molecule has 0 saturated carbocycles. The summed E-state index contributed by atoms with van der Waals surface area (Å²) >= 11 is 0. The number of aromatic nitrogens is 4. The molecule has 3 aromatic heterocycles. The maximum Gasteiger partial charge on any atom is 0.0737 e. The molecule has 0 fully saturated rings. The molecular weight excluding hydrogens is 1030 g/mol. The van der Waals surface area contributed by atoms with Gasteiger partial charge in [0.25, 0.3) is 0 Å². The van der Waals surface area contributed by atoms with Crippen molar-refractivity contribution in [2.75, 3.05) is 0 Å². The average molecular weight is 1120 g/mol. The molecule has 0 atom stereocenters. The lowest BCUT2D eigenvalue weighted by Crippen LogP contribution is -2.25. The summed E-state index contributed by atoms with van der Waals surface area (Å²) in [6.45, 7) is 22.4. The van der Waals surface area contributed by atoms with E-state index < -0.39 is 0 Å². The second-order valence-electron chi connectivity index (χ2n) is 25.6. The highest BCUT2D eigenvalue weighted by Gasteiger charge is 2.42. The van der Waals surface area contributed by atoms with Gasteiger partial charge in [-0.3, -0.25) is 0 Å². The van der Waals surface area contributed by atoms with Crippen LogP contribution in [0, 0.1) is 55.4 Å². The van der Waals surface area contributed by atoms with Gasteiger partial charge in [0.05, 0.1) is 22.8 Å². The van der Waals surface area contributed by atoms with Crippen LogP contribution in [-0.4, -0.2) is 19.9 Å². The highest BCUT2D eigenvalue weighted by molar-refractivity contribution is 6.00. The number of aromatic amines is 2. The van der Waals surface area contributed by atoms with Crippen molar-refractivity contribution in [1.82, 2.24) is 19.9 Å². The van der Waals surface area contributed by atoms with Crippen LogP contribution in [0.2, 0.25) is 0 Å². The molecular formula is C81H86N4. The molecule has 1 aliphatic carbocycles. The van der Waals surface area contributed by atoms with Crippen molar-refractivity contribution in [2.24, 2.45) is 0 Å². The maximum absolute atomic E-state index is 5.79. The van der Waals surface area contributed by atoms with Gasteiger partial charge in [0, 0.05) is 49.7 Å². The molecule has 0 radical (unpaired) electrons. The van der Waals surface area contributed by atoms with Crippen molar-refractivity contribution < 1.29 is 0 Å². The van der Waals surface area contributed by atoms with Gasteiger partial charge in [-0.2, -0.15) is 0 Å². The number of H-pyrrole nitrogens is 2. The Morgan fingerprint density at radius 2 is 0.624 bits per heavy atom. The van der Waals surface area contributed by atoms with Crippen molar-refractivity contribution in [2.45, 2.75) is 165 Å². The van der Waals surface area contributed by atoms with Gasteiger partial charge < -0.3 is 9.97 Å². The summed E-state index contributed by atoms with van der Waals surface area (Å²) in [6.07, 6.45) is 26.9. The molecule has 4 heteroatoms. The van der Waals surface area contributed by atoms with Gasteiger partial charge in [-0.1, -0.05) is 227 Å². The van der Waals surface area contributed by atoms with Crippen molar-refractivity contribution in [3.8, 4) is 66.8 Å². The molecule has 430 valence electrons. The lowest BCUT2D eigenvalue weighted by molar-refractivity contribution is 0.398. The predicted molar refractivity (Wildman–Crippen MR) is 366 cm³/mol. The van der Waals surface area contributed by atoms with Gasteiger partial charge in [-0.05, 0) is 190 Å². The number of benzene rings is 6. The van der Waals surface area contributed by atoms with Crippen LogP contribution < -0.4 is 0 Å². The first-order chi connectivity index (χ1) is 41.2. The van der Waals surface area contributed by atoms with E-state index in [1.807, 2.05) is 0 Å². The van der Waals surface area contributed by atoms with E-state index in [4.69, 9.17) is 9.97 Å². The Balaban J connectivity index is 1.10. The molecule has 85 heavy (non-hydrogen) atoms. The molecule has 9 aromatic rings. The smallest absolute Gasteiger partial charge is 0.0737 e. The minimum atomic E-state index is -0.0204. The molecule has 2 N–H and O–H groups in total. The van der Waals surface area contributed by atoms with Gasteiger partial charge in [0.2, 0.25) is 0 Å². The summed E-state index contributed by atoms with van der Waals surface area (Å²) in [5.41, 5.74) is 34.8. The molecule has 0 amide bonds. The summed E-state index contributed by atoms with van der Waals surface area (Å²) < 4.78 is 0. The van der Waals surface area contributed by atoms with Crippen LogP contribution in [0.15, 0.2) is 133 Å². The van der Waals surface area contributed by atoms with E-state index in [1.54, 1.807) is 5.56 Å². The van der Waals surface area contributed by atoms with Gasteiger partial charge in [0.1, 0.15) is 0 Å². The average Bonchev–Trinajstić information content (AvgIpc) is 1.70. The Morgan fingerprint density at radius 1 is 0.294 bits per heavy atom. The quantitative estimate of drug-likeness (QED) is 0.0793. The zero-order chi connectivity index (χ0) is 58.9. The molecule has 6 aromatic carbocycles. The van der Waals surface area contributed by atoms with E-state index in [1.165, 1.54) is 162 Å². The summed E-state index contributed by atoms with van der Waals surface area (Å²) in [6, 6.07) is 51.7. The van der Waals surface area contributed by atoms with Crippen LogP contribution >= 0.6 is 0 Å². The highest BCUT2D eigenvalue weighted by Crippen LogP contribution is 2.55. The third kappa shape index (κ3) is 11.7. The zero-order valence-electron chi connectivity index (χ0n) is 52.3. The number of fused-ring (bicyclic) bond motifs is 11. The number of hydrogen-bond acceptors (Lipinski definition) is 2. The van der Waals surface area contributed by atoms with E-state index >= 15 is 0 Å². The summed E-state index contributed by atoms with van der Waals surface area (Å²) in [4.78, 5) is 19.5. The van der Waals surface area contributed by atoms with Crippen LogP contribution in [0.25, 0.3) is 113 Å². The number of hydrogen-bond donors (Lipinski definition) is 2. The first kappa shape index (κ1) is 57.4. The number of rotatable bonds is 19. The van der Waals surface area contributed by atoms with Crippen molar-refractivity contribution in [3.05, 3.63) is 212 Å². The monoisotopic (exact) mass is 1110 g/mol. The topological polar surface area (TPSA) is 57.4 Å². The number of nitrogens with zero attached hydrogens (tertiary/aromatic N) is 2. The normalized spacial score (nSPS) is 13.0. The molecule has 0 saturated heterocycles. The van der Waals surface area contributed by atoms with Crippen molar-refractivity contribution in [1.29, 1.82) is 0 Å². The lowest BCUT2D eigenvalue weighted by atomic mass is 9.70. The lowest BCUT2D eigenvalue weighted by Gasteiger charge is -2.33. The largest absolute Gasteiger partial charge is 0.354 e. The fraction of sp³-hybridized carbons (Fsp3) is 0.309. The second-order valence-corrected chi connectivity index (χ2v) is 25.6. The highest BCUT2D eigenvalue weighted by atomic mass is 14.8. The van der Waals surface area contributed by atoms with Gasteiger partial charge in [-0.25, -0.2) is 9.97 Å². The molecule has 0 unspecified atom stereocenters. The molecule has 5 heterocycles. The van der Waals surface area contributed by atoms with Crippen LogP contribution in [0.5, 0.6) is 0 Å². The molecule has 8 bridgehead atoms. The Bertz CT molecular complexity index is 4140. The van der Waals surface area contributed by atoms with Crippen LogP contribution in [0.3, 0.4) is 0 Å². The van der Waals surface area contributed by atoms with E-state index in [-0.39, 0.29) is 5.41 Å². The van der Waals surface area contributed by atoms with E-state index in [0.717, 1.165) is 89.4 Å². The van der Waals surface area contributed by atoms with Crippen molar-refractivity contribution in [3.63, 3.8) is 0 Å². The standard InChI is InChI=1S/C81H86N4/c1-11-13-15-17-19-21-35-81(36-22-20-18-16-14-12-2)67-48-51(3)23-25-65(67)66-26-24-59(50-68(66)81)60-40-58(10)47-64(49-60)80-75-33-31-73(84-75)78(62-43-54(6)38-55(7)44-62)71-29-27-69(82-71)77(61-41-52(4)37-53(5)42-61)70-28-30-72(83-70)79(74-32-34-76(80)85-74)63-45-56(8)39-57(9)46-63/h23-34,37-50,82,85H,11-22,35-36H2,1-10H3. The van der Waals surface area contributed by atoms with Gasteiger partial charge in [-0.15, -0.1) is 0 Å². The predicted octanol–water partition coefficient (Wildman–Crippen LogP) is 23.2. The Morgan fingerprint density at radius 3 is 1.02 bits per heavy atom. The minimum Gasteiger partial charge on any atom is -0.354 e. The molecule has 4 nitrogen and oxygen atoms in total. The van der Waals surface area contributed by atoms with Gasteiger partial charge in [0.15, 0.2) is 0 Å². The Labute approximate surface area is 506 Å². The third-order valence-electron chi connectivity index (χ3n) is 18.4. The van der Waals surface area contributed by atoms with Crippen LogP contribution in [0.1, 0.15) is 182 Å². The fourth-order valence-electron chi connectivity index (χ4n) is 14.7. The number of aryl methyl sites for hydroxylation is 8. The first-order valence-corrected chi connectivity index (χ1v) is 32.1. The maximum atomic E-state index is 5.79. The Kier molecular flexibility index (Phi) is 16.5. The van der Waals surface area contributed by atoms with Gasteiger partial charge >= 0.3 is 0 Å². The first-order valence-electron chi connectivity index (χ1n) is 32.1. The number of nitrogens with one attached hydrogen (secondary N) is 2.